The molecule has 1 atom stereocenters. The Kier molecular flexibility index (Phi) is 5.61. The minimum Gasteiger partial charge on any atom is -0.481 e. The molecule has 0 aromatic heterocycles. The molecule has 13 heavy (non-hydrogen) atoms. The SMILES string of the molecule is CC(C)NC(CCC(=O)O)C(O)O. The lowest BCUT2D eigenvalue weighted by Gasteiger charge is -2.22. The Morgan fingerprint density at radius 1 is 1.38 bits per heavy atom. The van der Waals surface area contributed by atoms with Crippen LogP contribution in [0.3, 0.4) is 0 Å². The Hall–Kier alpha value is -0.650. The molecule has 78 valence electrons. The molecule has 0 bridgehead atoms. The predicted octanol–water partition coefficient (Wildman–Crippen LogP) is -0.472. The van der Waals surface area contributed by atoms with E-state index in [9.17, 15) is 4.79 Å². The molecule has 4 N–H and O–H groups in total. The van der Waals surface area contributed by atoms with E-state index in [-0.39, 0.29) is 18.9 Å². The molecule has 0 aromatic carbocycles. The van der Waals surface area contributed by atoms with Gasteiger partial charge in [-0.2, -0.15) is 0 Å². The maximum Gasteiger partial charge on any atom is 0.303 e. The zero-order valence-electron chi connectivity index (χ0n) is 7.90. The molecule has 0 aliphatic rings. The Labute approximate surface area is 77.4 Å². The number of aliphatic hydroxyl groups is 2. The minimum absolute atomic E-state index is 0.0675. The topological polar surface area (TPSA) is 89.8 Å². The van der Waals surface area contributed by atoms with Gasteiger partial charge in [-0.3, -0.25) is 4.79 Å². The number of nitrogens with one attached hydrogen (secondary N) is 1. The van der Waals surface area contributed by atoms with Crippen LogP contribution in [0.5, 0.6) is 0 Å². The van der Waals surface area contributed by atoms with Crippen molar-refractivity contribution in [1.82, 2.24) is 5.32 Å². The number of carbonyl (C=O) groups is 1. The third-order valence-electron chi connectivity index (χ3n) is 1.58. The number of aliphatic carboxylic acids is 1. The summed E-state index contributed by atoms with van der Waals surface area (Å²) in [5.41, 5.74) is 0. The fraction of sp³-hybridized carbons (Fsp3) is 0.875. The first-order valence-electron chi connectivity index (χ1n) is 4.27. The minimum atomic E-state index is -1.51. The van der Waals surface area contributed by atoms with Crippen LogP contribution in [0.4, 0.5) is 0 Å². The van der Waals surface area contributed by atoms with E-state index in [2.05, 4.69) is 5.32 Å². The van der Waals surface area contributed by atoms with Crippen LogP contribution < -0.4 is 5.32 Å². The Bertz CT molecular complexity index is 158. The van der Waals surface area contributed by atoms with Crippen LogP contribution in [0.15, 0.2) is 0 Å². The van der Waals surface area contributed by atoms with Gasteiger partial charge in [0, 0.05) is 12.5 Å². The average Bonchev–Trinajstić information content (AvgIpc) is 1.96. The predicted molar refractivity (Wildman–Crippen MR) is 47.2 cm³/mol. The van der Waals surface area contributed by atoms with E-state index in [1.54, 1.807) is 0 Å². The van der Waals surface area contributed by atoms with Gasteiger partial charge >= 0.3 is 5.97 Å². The summed E-state index contributed by atoms with van der Waals surface area (Å²) in [5, 5.41) is 29.0. The molecule has 0 heterocycles. The second-order valence-corrected chi connectivity index (χ2v) is 3.27. The van der Waals surface area contributed by atoms with Gasteiger partial charge in [-0.25, -0.2) is 0 Å². The Balaban J connectivity index is 3.87. The van der Waals surface area contributed by atoms with Gasteiger partial charge in [0.25, 0.3) is 0 Å². The maximum absolute atomic E-state index is 10.2. The van der Waals surface area contributed by atoms with Gasteiger partial charge in [-0.1, -0.05) is 13.8 Å². The molecule has 0 spiro atoms. The zero-order chi connectivity index (χ0) is 10.4. The zero-order valence-corrected chi connectivity index (χ0v) is 7.90. The standard InChI is InChI=1S/C8H17NO4/c1-5(2)9-6(8(12)13)3-4-7(10)11/h5-6,8-9,12-13H,3-4H2,1-2H3,(H,10,11). The quantitative estimate of drug-likeness (QED) is 0.426. The largest absolute Gasteiger partial charge is 0.481 e. The van der Waals surface area contributed by atoms with Crippen molar-refractivity contribution in [3.05, 3.63) is 0 Å². The molecule has 0 aliphatic heterocycles. The first kappa shape index (κ1) is 12.3. The maximum atomic E-state index is 10.2. The van der Waals surface area contributed by atoms with Crippen molar-refractivity contribution in [2.75, 3.05) is 0 Å². The van der Waals surface area contributed by atoms with Gasteiger partial charge in [-0.15, -0.1) is 0 Å². The summed E-state index contributed by atoms with van der Waals surface area (Å²) in [6.45, 7) is 3.71. The molecule has 0 rings (SSSR count). The van der Waals surface area contributed by atoms with Crippen molar-refractivity contribution in [3.63, 3.8) is 0 Å². The number of carboxylic acid groups (broad SMARTS) is 1. The first-order valence-corrected chi connectivity index (χ1v) is 4.27. The Morgan fingerprint density at radius 3 is 2.23 bits per heavy atom. The van der Waals surface area contributed by atoms with Crippen LogP contribution in [0.1, 0.15) is 26.7 Å². The summed E-state index contributed by atoms with van der Waals surface area (Å²) >= 11 is 0. The molecule has 5 nitrogen and oxygen atoms in total. The van der Waals surface area contributed by atoms with Crippen molar-refractivity contribution < 1.29 is 20.1 Å². The van der Waals surface area contributed by atoms with E-state index < -0.39 is 18.3 Å². The van der Waals surface area contributed by atoms with Gasteiger partial charge in [0.2, 0.25) is 0 Å². The van der Waals surface area contributed by atoms with Crippen LogP contribution in [-0.4, -0.2) is 39.7 Å². The highest BCUT2D eigenvalue weighted by Crippen LogP contribution is 2.02. The molecule has 0 aliphatic carbocycles. The lowest BCUT2D eigenvalue weighted by Crippen LogP contribution is -2.43. The molecule has 1 unspecified atom stereocenters. The molecule has 5 heteroatoms. The fourth-order valence-electron chi connectivity index (χ4n) is 1.03. The molecular formula is C8H17NO4. The molecule has 0 saturated heterocycles. The highest BCUT2D eigenvalue weighted by molar-refractivity contribution is 5.66. The van der Waals surface area contributed by atoms with Crippen molar-refractivity contribution >= 4 is 5.97 Å². The summed E-state index contributed by atoms with van der Waals surface area (Å²) in [4.78, 5) is 10.2. The van der Waals surface area contributed by atoms with E-state index in [4.69, 9.17) is 15.3 Å². The summed E-state index contributed by atoms with van der Waals surface area (Å²) in [5.74, 6) is -0.934. The number of aliphatic hydroxyl groups excluding tert-OH is 1. The van der Waals surface area contributed by atoms with Gasteiger partial charge in [0.05, 0.1) is 6.04 Å². The van der Waals surface area contributed by atoms with E-state index >= 15 is 0 Å². The number of hydrogen-bond donors (Lipinski definition) is 4. The van der Waals surface area contributed by atoms with Crippen molar-refractivity contribution in [2.24, 2.45) is 0 Å². The van der Waals surface area contributed by atoms with Crippen molar-refractivity contribution in [1.29, 1.82) is 0 Å². The van der Waals surface area contributed by atoms with Gasteiger partial charge in [-0.05, 0) is 6.42 Å². The molecule has 0 amide bonds. The molecule has 0 fully saturated rings. The smallest absolute Gasteiger partial charge is 0.303 e. The van der Waals surface area contributed by atoms with Crippen molar-refractivity contribution in [2.45, 2.75) is 45.1 Å². The monoisotopic (exact) mass is 191 g/mol. The fourth-order valence-corrected chi connectivity index (χ4v) is 1.03. The normalized spacial score (nSPS) is 13.7. The van der Waals surface area contributed by atoms with Crippen LogP contribution in [-0.2, 0) is 4.79 Å². The number of hydrogen-bond acceptors (Lipinski definition) is 4. The Morgan fingerprint density at radius 2 is 1.92 bits per heavy atom. The lowest BCUT2D eigenvalue weighted by molar-refractivity contribution is -0.138. The van der Waals surface area contributed by atoms with E-state index in [0.29, 0.717) is 0 Å². The highest BCUT2D eigenvalue weighted by Gasteiger charge is 2.18. The summed E-state index contributed by atoms with van der Waals surface area (Å²) in [7, 11) is 0. The second-order valence-electron chi connectivity index (χ2n) is 3.27. The number of carboxylic acids is 1. The van der Waals surface area contributed by atoms with Gasteiger partial charge < -0.3 is 20.6 Å². The summed E-state index contributed by atoms with van der Waals surface area (Å²) in [6.07, 6.45) is -1.37. The average molecular weight is 191 g/mol. The van der Waals surface area contributed by atoms with Gasteiger partial charge in [0.15, 0.2) is 6.29 Å². The number of rotatable bonds is 6. The first-order chi connectivity index (χ1) is 5.93. The van der Waals surface area contributed by atoms with Crippen molar-refractivity contribution in [3.8, 4) is 0 Å². The third kappa shape index (κ3) is 6.51. The van der Waals surface area contributed by atoms with Crippen LogP contribution in [0.2, 0.25) is 0 Å². The molecular weight excluding hydrogens is 174 g/mol. The van der Waals surface area contributed by atoms with E-state index in [1.807, 2.05) is 13.8 Å². The van der Waals surface area contributed by atoms with Crippen LogP contribution >= 0.6 is 0 Å². The molecule has 0 radical (unpaired) electrons. The molecule has 0 saturated carbocycles. The lowest BCUT2D eigenvalue weighted by atomic mass is 10.1. The van der Waals surface area contributed by atoms with Crippen LogP contribution in [0.25, 0.3) is 0 Å². The van der Waals surface area contributed by atoms with E-state index in [0.717, 1.165) is 0 Å². The molecule has 0 aromatic rings. The third-order valence-corrected chi connectivity index (χ3v) is 1.58. The second kappa shape index (κ2) is 5.90. The van der Waals surface area contributed by atoms with E-state index in [1.165, 1.54) is 0 Å². The highest BCUT2D eigenvalue weighted by atomic mass is 16.5. The summed E-state index contributed by atoms with van der Waals surface area (Å²) in [6, 6.07) is -0.475. The summed E-state index contributed by atoms with van der Waals surface area (Å²) < 4.78 is 0. The van der Waals surface area contributed by atoms with Gasteiger partial charge in [0.1, 0.15) is 0 Å². The van der Waals surface area contributed by atoms with Crippen LogP contribution in [0, 0.1) is 0 Å².